The number of aromatic hydroxyl groups is 1. The van der Waals surface area contributed by atoms with Crippen molar-refractivity contribution in [2.45, 2.75) is 63.7 Å². The quantitative estimate of drug-likeness (QED) is 0.0518. The lowest BCUT2D eigenvalue weighted by molar-refractivity contribution is -0.142. The molecule has 0 saturated carbocycles. The Morgan fingerprint density at radius 2 is 1.53 bits per heavy atom. The molecule has 0 spiro atoms. The number of rotatable bonds is 16. The van der Waals surface area contributed by atoms with E-state index in [0.29, 0.717) is 18.4 Å². The predicted octanol–water partition coefficient (Wildman–Crippen LogP) is -1.17. The van der Waals surface area contributed by atoms with Gasteiger partial charge in [-0.15, -0.1) is 0 Å². The summed E-state index contributed by atoms with van der Waals surface area (Å²) in [7, 11) is 0. The summed E-state index contributed by atoms with van der Waals surface area (Å²) < 4.78 is 0. The molecule has 0 fully saturated rings. The number of carboxylic acid groups (broad SMARTS) is 1. The Bertz CT molecular complexity index is 972. The SMILES string of the molecule is CCC(C)C(N)C(=O)NC(Cc1ccc(O)cc1)C(=O)NC(CS)C(=O)NC(CCCN=C(N)N)C(=O)O. The average Bonchev–Trinajstić information content (AvgIpc) is 2.88. The van der Waals surface area contributed by atoms with Crippen molar-refractivity contribution in [1.82, 2.24) is 16.0 Å². The molecule has 5 unspecified atom stereocenters. The van der Waals surface area contributed by atoms with Crippen LogP contribution in [0.1, 0.15) is 38.7 Å². The van der Waals surface area contributed by atoms with Gasteiger partial charge in [-0.1, -0.05) is 32.4 Å². The first-order valence-corrected chi connectivity index (χ1v) is 12.9. The van der Waals surface area contributed by atoms with E-state index in [4.69, 9.17) is 17.2 Å². The van der Waals surface area contributed by atoms with E-state index in [1.54, 1.807) is 12.1 Å². The summed E-state index contributed by atoms with van der Waals surface area (Å²) in [4.78, 5) is 54.1. The van der Waals surface area contributed by atoms with Crippen LogP contribution in [0.4, 0.5) is 0 Å². The topological polar surface area (TPSA) is 235 Å². The molecule has 212 valence electrons. The number of nitrogens with zero attached hydrogens (tertiary/aromatic N) is 1. The van der Waals surface area contributed by atoms with Crippen LogP contribution in [0, 0.1) is 5.92 Å². The largest absolute Gasteiger partial charge is 0.508 e. The fourth-order valence-electron chi connectivity index (χ4n) is 3.36. The van der Waals surface area contributed by atoms with E-state index in [2.05, 4.69) is 33.6 Å². The zero-order valence-corrected chi connectivity index (χ0v) is 22.5. The average molecular weight is 554 g/mol. The van der Waals surface area contributed by atoms with Crippen LogP contribution in [0.5, 0.6) is 5.75 Å². The molecular formula is C24H39N7O6S. The zero-order valence-electron chi connectivity index (χ0n) is 21.6. The van der Waals surface area contributed by atoms with E-state index in [9.17, 15) is 29.4 Å². The number of nitrogens with two attached hydrogens (primary N) is 3. The van der Waals surface area contributed by atoms with E-state index in [-0.39, 0.29) is 42.8 Å². The highest BCUT2D eigenvalue weighted by Gasteiger charge is 2.30. The molecule has 3 amide bonds. The van der Waals surface area contributed by atoms with E-state index < -0.39 is 47.9 Å². The second-order valence-electron chi connectivity index (χ2n) is 8.94. The number of aliphatic carboxylic acids is 1. The van der Waals surface area contributed by atoms with Crippen molar-refractivity contribution >= 4 is 42.3 Å². The van der Waals surface area contributed by atoms with Crippen molar-refractivity contribution < 1.29 is 29.4 Å². The van der Waals surface area contributed by atoms with Crippen LogP contribution >= 0.6 is 12.6 Å². The molecule has 0 radical (unpaired) electrons. The van der Waals surface area contributed by atoms with Crippen molar-refractivity contribution in [2.24, 2.45) is 28.1 Å². The number of amides is 3. The smallest absolute Gasteiger partial charge is 0.326 e. The normalized spacial score (nSPS) is 14.7. The lowest BCUT2D eigenvalue weighted by Gasteiger charge is -2.25. The molecule has 0 bridgehead atoms. The van der Waals surface area contributed by atoms with Crippen molar-refractivity contribution in [1.29, 1.82) is 0 Å². The molecule has 0 aromatic heterocycles. The first kappa shape index (κ1) is 32.5. The Hall–Kier alpha value is -3.52. The first-order chi connectivity index (χ1) is 17.9. The number of carbonyl (C=O) groups is 4. The lowest BCUT2D eigenvalue weighted by atomic mass is 9.98. The molecule has 1 aromatic rings. The van der Waals surface area contributed by atoms with Crippen LogP contribution in [-0.2, 0) is 25.6 Å². The standard InChI is InChI=1S/C24H39N7O6S/c1-3-13(2)19(25)22(35)30-17(11-14-6-8-15(32)9-7-14)20(33)31-18(12-38)21(34)29-16(23(36)37)5-4-10-28-24(26)27/h6-9,13,16-19,32,38H,3-5,10-12,25H2,1-2H3,(H,29,34)(H,30,35)(H,31,33)(H,36,37)(H4,26,27,28). The van der Waals surface area contributed by atoms with Gasteiger partial charge in [0.1, 0.15) is 23.9 Å². The number of guanidine groups is 1. The summed E-state index contributed by atoms with van der Waals surface area (Å²) in [5.41, 5.74) is 17.2. The maximum atomic E-state index is 13.2. The molecule has 0 aliphatic rings. The summed E-state index contributed by atoms with van der Waals surface area (Å²) in [6.45, 7) is 3.89. The highest BCUT2D eigenvalue weighted by atomic mass is 32.1. The molecule has 11 N–H and O–H groups in total. The number of hydrogen-bond donors (Lipinski definition) is 9. The summed E-state index contributed by atoms with van der Waals surface area (Å²) in [5.74, 6) is -3.59. The van der Waals surface area contributed by atoms with Gasteiger partial charge in [0.2, 0.25) is 17.7 Å². The Morgan fingerprint density at radius 3 is 2.05 bits per heavy atom. The summed E-state index contributed by atoms with van der Waals surface area (Å²) in [6.07, 6.45) is 1.05. The number of thiol groups is 1. The molecule has 0 aliphatic carbocycles. The van der Waals surface area contributed by atoms with Gasteiger partial charge in [0, 0.05) is 18.7 Å². The highest BCUT2D eigenvalue weighted by Crippen LogP contribution is 2.13. The van der Waals surface area contributed by atoms with Gasteiger partial charge in [0.25, 0.3) is 0 Å². The van der Waals surface area contributed by atoms with E-state index in [0.717, 1.165) is 0 Å². The maximum Gasteiger partial charge on any atom is 0.326 e. The second-order valence-corrected chi connectivity index (χ2v) is 9.30. The molecule has 1 rings (SSSR count). The molecule has 38 heavy (non-hydrogen) atoms. The number of phenolic OH excluding ortho intramolecular Hbond substituents is 1. The molecule has 0 heterocycles. The third-order valence-corrected chi connectivity index (χ3v) is 6.31. The zero-order chi connectivity index (χ0) is 28.8. The highest BCUT2D eigenvalue weighted by molar-refractivity contribution is 7.80. The Morgan fingerprint density at radius 1 is 0.974 bits per heavy atom. The van der Waals surface area contributed by atoms with Gasteiger partial charge in [-0.25, -0.2) is 4.79 Å². The van der Waals surface area contributed by atoms with Crippen LogP contribution < -0.4 is 33.2 Å². The number of aliphatic imine (C=N–C) groups is 1. The predicted molar refractivity (Wildman–Crippen MR) is 146 cm³/mol. The summed E-state index contributed by atoms with van der Waals surface area (Å²) in [6, 6.07) is 1.70. The van der Waals surface area contributed by atoms with Crippen LogP contribution in [0.2, 0.25) is 0 Å². The van der Waals surface area contributed by atoms with Gasteiger partial charge >= 0.3 is 5.97 Å². The number of carbonyl (C=O) groups excluding carboxylic acids is 3. The van der Waals surface area contributed by atoms with Gasteiger partial charge < -0.3 is 43.4 Å². The van der Waals surface area contributed by atoms with Gasteiger partial charge in [0.05, 0.1) is 6.04 Å². The fourth-order valence-corrected chi connectivity index (χ4v) is 3.61. The molecule has 1 aromatic carbocycles. The Labute approximate surface area is 227 Å². The number of nitrogens with one attached hydrogen (secondary N) is 3. The molecule has 14 heteroatoms. The molecule has 0 aliphatic heterocycles. The third kappa shape index (κ3) is 11.3. The van der Waals surface area contributed by atoms with Crippen molar-refractivity contribution in [3.63, 3.8) is 0 Å². The number of carboxylic acids is 1. The van der Waals surface area contributed by atoms with E-state index in [1.165, 1.54) is 12.1 Å². The number of hydrogen-bond acceptors (Lipinski definition) is 8. The fraction of sp³-hybridized carbons (Fsp3) is 0.542. The molecular weight excluding hydrogens is 514 g/mol. The summed E-state index contributed by atoms with van der Waals surface area (Å²) in [5, 5.41) is 26.6. The summed E-state index contributed by atoms with van der Waals surface area (Å²) >= 11 is 4.13. The maximum absolute atomic E-state index is 13.2. The molecule has 0 saturated heterocycles. The van der Waals surface area contributed by atoms with Gasteiger partial charge in [0.15, 0.2) is 5.96 Å². The van der Waals surface area contributed by atoms with Gasteiger partial charge in [-0.05, 0) is 36.5 Å². The minimum atomic E-state index is -1.26. The molecule has 5 atom stereocenters. The third-order valence-electron chi connectivity index (χ3n) is 5.94. The molecule has 13 nitrogen and oxygen atoms in total. The van der Waals surface area contributed by atoms with E-state index >= 15 is 0 Å². The van der Waals surface area contributed by atoms with Gasteiger partial charge in [-0.2, -0.15) is 12.6 Å². The Balaban J connectivity index is 2.98. The van der Waals surface area contributed by atoms with Crippen molar-refractivity contribution in [3.8, 4) is 5.75 Å². The minimum absolute atomic E-state index is 0.0377. The minimum Gasteiger partial charge on any atom is -0.508 e. The lowest BCUT2D eigenvalue weighted by Crippen LogP contribution is -2.58. The van der Waals surface area contributed by atoms with Crippen LogP contribution in [0.25, 0.3) is 0 Å². The number of phenols is 1. The van der Waals surface area contributed by atoms with Crippen LogP contribution in [0.15, 0.2) is 29.3 Å². The number of benzene rings is 1. The van der Waals surface area contributed by atoms with Gasteiger partial charge in [-0.3, -0.25) is 19.4 Å². The Kier molecular flexibility index (Phi) is 14.0. The first-order valence-electron chi connectivity index (χ1n) is 12.2. The van der Waals surface area contributed by atoms with E-state index in [1.807, 2.05) is 13.8 Å². The van der Waals surface area contributed by atoms with Crippen molar-refractivity contribution in [3.05, 3.63) is 29.8 Å². The van der Waals surface area contributed by atoms with Crippen molar-refractivity contribution in [2.75, 3.05) is 12.3 Å². The van der Waals surface area contributed by atoms with Crippen LogP contribution in [-0.4, -0.2) is 76.3 Å². The van der Waals surface area contributed by atoms with Crippen LogP contribution in [0.3, 0.4) is 0 Å². The monoisotopic (exact) mass is 553 g/mol. The second kappa shape index (κ2) is 16.3.